The Labute approximate surface area is 227 Å². The van der Waals surface area contributed by atoms with Crippen molar-refractivity contribution in [2.75, 3.05) is 32.2 Å². The minimum absolute atomic E-state index is 0.0744. The van der Waals surface area contributed by atoms with Crippen LogP contribution >= 0.6 is 0 Å². The number of para-hydroxylation sites is 1. The van der Waals surface area contributed by atoms with Crippen LogP contribution in [0.5, 0.6) is 0 Å². The molecular weight excluding hydrogens is 494 g/mol. The van der Waals surface area contributed by atoms with Crippen molar-refractivity contribution in [2.45, 2.75) is 31.6 Å². The van der Waals surface area contributed by atoms with E-state index in [2.05, 4.69) is 4.90 Å². The molecule has 0 saturated carbocycles. The van der Waals surface area contributed by atoms with E-state index >= 15 is 0 Å². The van der Waals surface area contributed by atoms with E-state index < -0.39 is 17.9 Å². The molecule has 5 rings (SSSR count). The fraction of sp³-hybridized carbons (Fsp3) is 0.290. The largest absolute Gasteiger partial charge is 0.466 e. The third-order valence-electron chi connectivity index (χ3n) is 7.25. The molecule has 0 N–H and O–H groups in total. The molecule has 1 aromatic heterocycles. The van der Waals surface area contributed by atoms with Gasteiger partial charge in [-0.25, -0.2) is 19.1 Å². The van der Waals surface area contributed by atoms with Gasteiger partial charge < -0.3 is 14.4 Å². The van der Waals surface area contributed by atoms with Crippen LogP contribution in [0, 0.1) is 0 Å². The van der Waals surface area contributed by atoms with Crippen molar-refractivity contribution in [3.8, 4) is 16.9 Å². The number of aromatic nitrogens is 2. The summed E-state index contributed by atoms with van der Waals surface area (Å²) in [6.45, 7) is 1.58. The Morgan fingerprint density at radius 2 is 1.51 bits per heavy atom. The molecule has 2 aliphatic rings. The van der Waals surface area contributed by atoms with Crippen molar-refractivity contribution in [1.29, 1.82) is 0 Å². The number of carbonyl (C=O) groups excluding carboxylic acids is 2. The zero-order valence-corrected chi connectivity index (χ0v) is 22.1. The Morgan fingerprint density at radius 3 is 2.15 bits per heavy atom. The summed E-state index contributed by atoms with van der Waals surface area (Å²) in [7, 11) is 2.52. The molecule has 1 saturated heterocycles. The molecule has 1 aliphatic carbocycles. The van der Waals surface area contributed by atoms with Crippen molar-refractivity contribution >= 4 is 17.9 Å². The standard InChI is InChI=1S/C31H31N3O5/c1-38-29(36)24-18-12-17-23(25(24)30(37)39-2)26-27(21-13-6-3-7-14-21)32-31(33-19-10-5-11-20-33)34(28(26)35)22-15-8-4-9-16-22/h3-4,6-9,12-16,18,23H,5,10-11,17,19-20H2,1-2H3. The Kier molecular flexibility index (Phi) is 7.72. The number of methoxy groups -OCH3 is 2. The number of carbonyl (C=O) groups is 2. The summed E-state index contributed by atoms with van der Waals surface area (Å²) in [6, 6.07) is 18.9. The Balaban J connectivity index is 1.85. The molecule has 39 heavy (non-hydrogen) atoms. The second kappa shape index (κ2) is 11.5. The topological polar surface area (TPSA) is 90.7 Å². The quantitative estimate of drug-likeness (QED) is 0.435. The second-order valence-electron chi connectivity index (χ2n) is 9.57. The van der Waals surface area contributed by atoms with Gasteiger partial charge in [0, 0.05) is 24.6 Å². The van der Waals surface area contributed by atoms with E-state index in [0.717, 1.165) is 37.9 Å². The molecule has 1 atom stereocenters. The van der Waals surface area contributed by atoms with E-state index in [1.54, 1.807) is 16.7 Å². The van der Waals surface area contributed by atoms with E-state index in [1.165, 1.54) is 14.2 Å². The maximum Gasteiger partial charge on any atom is 0.338 e. The van der Waals surface area contributed by atoms with E-state index in [1.807, 2.05) is 60.7 Å². The molecule has 1 unspecified atom stereocenters. The highest BCUT2D eigenvalue weighted by Gasteiger charge is 2.36. The predicted octanol–water partition coefficient (Wildman–Crippen LogP) is 4.58. The summed E-state index contributed by atoms with van der Waals surface area (Å²) in [6.07, 6.45) is 6.81. The van der Waals surface area contributed by atoms with Gasteiger partial charge in [0.2, 0.25) is 5.95 Å². The van der Waals surface area contributed by atoms with Crippen molar-refractivity contribution in [2.24, 2.45) is 0 Å². The molecule has 2 heterocycles. The summed E-state index contributed by atoms with van der Waals surface area (Å²) < 4.78 is 11.7. The first-order valence-corrected chi connectivity index (χ1v) is 13.1. The highest BCUT2D eigenvalue weighted by atomic mass is 16.5. The average molecular weight is 526 g/mol. The van der Waals surface area contributed by atoms with E-state index in [-0.39, 0.29) is 16.7 Å². The van der Waals surface area contributed by atoms with Gasteiger partial charge in [0.15, 0.2) is 0 Å². The second-order valence-corrected chi connectivity index (χ2v) is 9.57. The molecule has 8 nitrogen and oxygen atoms in total. The highest BCUT2D eigenvalue weighted by Crippen LogP contribution is 2.39. The number of anilines is 1. The minimum Gasteiger partial charge on any atom is -0.466 e. The first kappa shape index (κ1) is 26.2. The van der Waals surface area contributed by atoms with Crippen molar-refractivity contribution in [3.63, 3.8) is 0 Å². The first-order valence-electron chi connectivity index (χ1n) is 13.1. The van der Waals surface area contributed by atoms with Gasteiger partial charge in [-0.3, -0.25) is 4.79 Å². The van der Waals surface area contributed by atoms with Gasteiger partial charge in [-0.15, -0.1) is 0 Å². The lowest BCUT2D eigenvalue weighted by Gasteiger charge is -2.32. The van der Waals surface area contributed by atoms with Gasteiger partial charge in [0.25, 0.3) is 5.56 Å². The fourth-order valence-electron chi connectivity index (χ4n) is 5.40. The number of benzene rings is 2. The third kappa shape index (κ3) is 5.02. The Hall–Kier alpha value is -4.46. The number of hydrogen-bond acceptors (Lipinski definition) is 7. The molecule has 0 amide bonds. The van der Waals surface area contributed by atoms with E-state index in [0.29, 0.717) is 29.3 Å². The van der Waals surface area contributed by atoms with Gasteiger partial charge in [-0.2, -0.15) is 0 Å². The summed E-state index contributed by atoms with van der Waals surface area (Å²) in [5.41, 5.74) is 2.12. The third-order valence-corrected chi connectivity index (χ3v) is 7.25. The van der Waals surface area contributed by atoms with Crippen LogP contribution in [-0.4, -0.2) is 48.8 Å². The average Bonchev–Trinajstić information content (AvgIpc) is 3.00. The first-order chi connectivity index (χ1) is 19.0. The van der Waals surface area contributed by atoms with Crippen LogP contribution in [0.1, 0.15) is 37.2 Å². The number of allylic oxidation sites excluding steroid dienone is 1. The number of nitrogens with zero attached hydrogens (tertiary/aromatic N) is 3. The van der Waals surface area contributed by atoms with Gasteiger partial charge in [0.05, 0.1) is 42.3 Å². The van der Waals surface area contributed by atoms with E-state index in [9.17, 15) is 14.4 Å². The molecule has 0 bridgehead atoms. The summed E-state index contributed by atoms with van der Waals surface area (Å²) >= 11 is 0. The molecular formula is C31H31N3O5. The Morgan fingerprint density at radius 1 is 0.872 bits per heavy atom. The zero-order valence-electron chi connectivity index (χ0n) is 22.1. The summed E-state index contributed by atoms with van der Waals surface area (Å²) in [4.78, 5) is 47.9. The van der Waals surface area contributed by atoms with Crippen molar-refractivity contribution in [1.82, 2.24) is 9.55 Å². The van der Waals surface area contributed by atoms with Crippen molar-refractivity contribution < 1.29 is 19.1 Å². The fourth-order valence-corrected chi connectivity index (χ4v) is 5.40. The SMILES string of the molecule is COC(=O)C1=C(C(=O)OC)C(c2c(-c3ccccc3)nc(N3CCCCC3)n(-c3ccccc3)c2=O)CC=C1. The number of rotatable bonds is 6. The normalized spacial score (nSPS) is 17.2. The van der Waals surface area contributed by atoms with Crippen LogP contribution in [0.4, 0.5) is 5.95 Å². The summed E-state index contributed by atoms with van der Waals surface area (Å²) in [5, 5.41) is 0. The maximum absolute atomic E-state index is 14.7. The van der Waals surface area contributed by atoms with Crippen LogP contribution in [0.2, 0.25) is 0 Å². The number of piperidine rings is 1. The molecule has 0 radical (unpaired) electrons. The van der Waals surface area contributed by atoms with Crippen LogP contribution in [-0.2, 0) is 19.1 Å². The Bertz CT molecular complexity index is 1490. The van der Waals surface area contributed by atoms with Gasteiger partial charge in [0.1, 0.15) is 0 Å². The van der Waals surface area contributed by atoms with Gasteiger partial charge >= 0.3 is 11.9 Å². The molecule has 200 valence electrons. The molecule has 3 aromatic rings. The molecule has 1 aliphatic heterocycles. The lowest BCUT2D eigenvalue weighted by Crippen LogP contribution is -2.38. The zero-order chi connectivity index (χ0) is 27.4. The predicted molar refractivity (Wildman–Crippen MR) is 149 cm³/mol. The van der Waals surface area contributed by atoms with Gasteiger partial charge in [-0.05, 0) is 37.8 Å². The highest BCUT2D eigenvalue weighted by molar-refractivity contribution is 6.04. The van der Waals surface area contributed by atoms with Crippen LogP contribution in [0.15, 0.2) is 88.8 Å². The molecule has 0 spiro atoms. The maximum atomic E-state index is 14.7. The molecule has 2 aromatic carbocycles. The summed E-state index contributed by atoms with van der Waals surface area (Å²) in [5.74, 6) is -1.55. The van der Waals surface area contributed by atoms with Crippen LogP contribution < -0.4 is 10.5 Å². The number of hydrogen-bond donors (Lipinski definition) is 0. The van der Waals surface area contributed by atoms with Crippen LogP contribution in [0.25, 0.3) is 16.9 Å². The lowest BCUT2D eigenvalue weighted by molar-refractivity contribution is -0.139. The minimum atomic E-state index is -0.767. The molecule has 1 fully saturated rings. The van der Waals surface area contributed by atoms with E-state index in [4.69, 9.17) is 14.5 Å². The monoisotopic (exact) mass is 525 g/mol. The lowest BCUT2D eigenvalue weighted by atomic mass is 9.80. The smallest absolute Gasteiger partial charge is 0.338 e. The van der Waals surface area contributed by atoms with Gasteiger partial charge in [-0.1, -0.05) is 60.7 Å². The number of esters is 2. The van der Waals surface area contributed by atoms with Crippen molar-refractivity contribution in [3.05, 3.63) is 99.9 Å². The molecule has 8 heteroatoms. The number of ether oxygens (including phenoxy) is 2. The van der Waals surface area contributed by atoms with Crippen LogP contribution in [0.3, 0.4) is 0 Å².